The fraction of sp³-hybridized carbons (Fsp3) is 0.0667. The molecule has 158 valence electrons. The average molecular weight is 428 g/mol. The predicted molar refractivity (Wildman–Crippen MR) is 131 cm³/mol. The average Bonchev–Trinajstić information content (AvgIpc) is 3.14. The molecule has 3 aromatic carbocycles. The highest BCUT2D eigenvalue weighted by atomic mass is 16.5. The van der Waals surface area contributed by atoms with E-state index in [0.717, 1.165) is 22.6 Å². The van der Waals surface area contributed by atoms with Crippen molar-refractivity contribution < 1.29 is 6.11 Å². The maximum absolute atomic E-state index is 8.19. The molecular weight excluding hydrogens is 404 g/mol. The topological polar surface area (TPSA) is 35.0 Å². The van der Waals surface area contributed by atoms with Gasteiger partial charge in [0, 0.05) is 18.5 Å². The van der Waals surface area contributed by atoms with Crippen LogP contribution in [0.1, 0.15) is 25.1 Å². The Bertz CT molecular complexity index is 1520. The van der Waals surface area contributed by atoms with Crippen LogP contribution in [0, 0.1) is 0 Å². The molecule has 1 atom stereocenters. The van der Waals surface area contributed by atoms with Crippen LogP contribution in [0.5, 0.6) is 11.6 Å². The molecule has 0 saturated carbocycles. The summed E-state index contributed by atoms with van der Waals surface area (Å²) in [7, 11) is 0. The van der Waals surface area contributed by atoms with Gasteiger partial charge in [-0.25, -0.2) is 4.98 Å². The quantitative estimate of drug-likeness (QED) is 0.302. The first kappa shape index (κ1) is 18.3. The van der Waals surface area contributed by atoms with Crippen molar-refractivity contribution in [2.45, 2.75) is 12.3 Å². The van der Waals surface area contributed by atoms with Gasteiger partial charge in [0.2, 0.25) is 5.88 Å². The third-order valence-corrected chi connectivity index (χ3v) is 6.46. The van der Waals surface area contributed by atoms with Crippen molar-refractivity contribution in [3.63, 3.8) is 0 Å². The molecule has 5 aromatic rings. The highest BCUT2D eigenvalue weighted by Crippen LogP contribution is 2.52. The van der Waals surface area contributed by atoms with Crippen molar-refractivity contribution >= 4 is 0 Å². The van der Waals surface area contributed by atoms with E-state index in [0.29, 0.717) is 11.9 Å². The molecule has 3 heteroatoms. The van der Waals surface area contributed by atoms with Gasteiger partial charge in [0.05, 0.1) is 12.5 Å². The van der Waals surface area contributed by atoms with Crippen LogP contribution >= 0.6 is 0 Å². The normalized spacial score (nSPS) is 16.6. The molecule has 0 amide bonds. The van der Waals surface area contributed by atoms with E-state index in [1.807, 2.05) is 42.5 Å². The number of fused-ring (bicyclic) bond motifs is 3. The largest absolute Gasteiger partial charge is 0.439 e. The summed E-state index contributed by atoms with van der Waals surface area (Å²) in [5.41, 5.74) is 7.45. The second-order valence-corrected chi connectivity index (χ2v) is 8.37. The highest BCUT2D eigenvalue weighted by Gasteiger charge is 2.41. The Balaban J connectivity index is 1.47. The molecule has 6 rings (SSSR count). The van der Waals surface area contributed by atoms with E-state index < -0.39 is 5.41 Å². The number of ether oxygens (including phenoxy) is 1. The van der Waals surface area contributed by atoms with Gasteiger partial charge in [-0.15, -0.1) is 0 Å². The predicted octanol–water partition coefficient (Wildman–Crippen LogP) is 7.27. The van der Waals surface area contributed by atoms with Gasteiger partial charge in [-0.2, -0.15) is 0 Å². The van der Waals surface area contributed by atoms with Gasteiger partial charge in [-0.1, -0.05) is 60.6 Å². The summed E-state index contributed by atoms with van der Waals surface area (Å²) in [6, 6.07) is 32.9. The maximum Gasteiger partial charge on any atom is 0.219 e. The zero-order chi connectivity index (χ0) is 23.1. The number of nitrogens with zero attached hydrogens (tertiary/aromatic N) is 2. The number of benzene rings is 3. The molecule has 0 radical (unpaired) electrons. The first-order valence-corrected chi connectivity index (χ1v) is 11.0. The summed E-state index contributed by atoms with van der Waals surface area (Å²) in [6.07, 6.45) is 3.45. The van der Waals surface area contributed by atoms with Gasteiger partial charge in [0.1, 0.15) is 5.75 Å². The van der Waals surface area contributed by atoms with Crippen LogP contribution in [-0.2, 0) is 5.41 Å². The number of pyridine rings is 2. The van der Waals surface area contributed by atoms with Gasteiger partial charge in [0.25, 0.3) is 0 Å². The molecule has 1 aliphatic rings. The lowest BCUT2D eigenvalue weighted by atomic mass is 9.76. The van der Waals surface area contributed by atoms with Crippen LogP contribution in [0.2, 0.25) is 0 Å². The SMILES string of the molecule is [2H]c1ccnc(C2(C)c3ccccc3-c3ccc(-c4cccc(Oc5ccccn5)c4)cc32)c1. The number of hydrogen-bond acceptors (Lipinski definition) is 3. The maximum atomic E-state index is 8.19. The van der Waals surface area contributed by atoms with E-state index in [-0.39, 0.29) is 0 Å². The third-order valence-electron chi connectivity index (χ3n) is 6.46. The summed E-state index contributed by atoms with van der Waals surface area (Å²) >= 11 is 0. The molecule has 0 spiro atoms. The van der Waals surface area contributed by atoms with Crippen LogP contribution in [-0.4, -0.2) is 9.97 Å². The van der Waals surface area contributed by atoms with Crippen molar-refractivity contribution in [1.29, 1.82) is 0 Å². The Morgan fingerprint density at radius 1 is 0.697 bits per heavy atom. The molecule has 2 heterocycles. The number of rotatable bonds is 4. The molecule has 0 saturated heterocycles. The van der Waals surface area contributed by atoms with Gasteiger partial charge in [-0.3, -0.25) is 4.98 Å². The minimum atomic E-state index is -0.443. The second kappa shape index (κ2) is 7.72. The molecule has 0 N–H and O–H groups in total. The molecule has 3 nitrogen and oxygen atoms in total. The van der Waals surface area contributed by atoms with Crippen LogP contribution in [0.3, 0.4) is 0 Å². The Hall–Kier alpha value is -4.24. The van der Waals surface area contributed by atoms with Crippen molar-refractivity contribution in [3.05, 3.63) is 132 Å². The number of hydrogen-bond donors (Lipinski definition) is 0. The minimum absolute atomic E-state index is 0.443. The smallest absolute Gasteiger partial charge is 0.219 e. The lowest BCUT2D eigenvalue weighted by Crippen LogP contribution is -2.23. The fourth-order valence-corrected chi connectivity index (χ4v) is 4.81. The zero-order valence-corrected chi connectivity index (χ0v) is 18.2. The van der Waals surface area contributed by atoms with Crippen molar-refractivity contribution in [1.82, 2.24) is 9.97 Å². The Labute approximate surface area is 194 Å². The van der Waals surface area contributed by atoms with E-state index in [2.05, 4.69) is 60.4 Å². The van der Waals surface area contributed by atoms with Crippen LogP contribution < -0.4 is 4.74 Å². The van der Waals surface area contributed by atoms with Crippen molar-refractivity contribution in [2.24, 2.45) is 0 Å². The van der Waals surface area contributed by atoms with E-state index >= 15 is 0 Å². The summed E-state index contributed by atoms with van der Waals surface area (Å²) in [6.45, 7) is 2.21. The van der Waals surface area contributed by atoms with Crippen LogP contribution in [0.25, 0.3) is 22.3 Å². The highest BCUT2D eigenvalue weighted by molar-refractivity contribution is 5.85. The minimum Gasteiger partial charge on any atom is -0.439 e. The summed E-state index contributed by atoms with van der Waals surface area (Å²) in [4.78, 5) is 8.97. The molecule has 1 unspecified atom stereocenters. The van der Waals surface area contributed by atoms with E-state index in [1.165, 1.54) is 22.3 Å². The van der Waals surface area contributed by atoms with Gasteiger partial charge in [-0.05, 0) is 76.7 Å². The molecule has 33 heavy (non-hydrogen) atoms. The molecule has 0 bridgehead atoms. The Morgan fingerprint density at radius 3 is 2.39 bits per heavy atom. The van der Waals surface area contributed by atoms with Crippen molar-refractivity contribution in [2.75, 3.05) is 0 Å². The number of aromatic nitrogens is 2. The summed E-state index contributed by atoms with van der Waals surface area (Å²) in [5.74, 6) is 1.31. The second-order valence-electron chi connectivity index (χ2n) is 8.37. The molecule has 0 fully saturated rings. The Kier molecular flexibility index (Phi) is 4.29. The summed E-state index contributed by atoms with van der Waals surface area (Å²) < 4.78 is 14.2. The van der Waals surface area contributed by atoms with Gasteiger partial charge < -0.3 is 4.74 Å². The lowest BCUT2D eigenvalue weighted by Gasteiger charge is -2.27. The van der Waals surface area contributed by atoms with E-state index in [4.69, 9.17) is 11.1 Å². The zero-order valence-electron chi connectivity index (χ0n) is 19.2. The summed E-state index contributed by atoms with van der Waals surface area (Å²) in [5, 5.41) is 0. The first-order chi connectivity index (χ1) is 16.6. The van der Waals surface area contributed by atoms with Gasteiger partial charge in [0.15, 0.2) is 0 Å². The van der Waals surface area contributed by atoms with Crippen molar-refractivity contribution in [3.8, 4) is 33.9 Å². The van der Waals surface area contributed by atoms with Crippen LogP contribution in [0.4, 0.5) is 0 Å². The van der Waals surface area contributed by atoms with Crippen LogP contribution in [0.15, 0.2) is 115 Å². The van der Waals surface area contributed by atoms with E-state index in [9.17, 15) is 0 Å². The van der Waals surface area contributed by atoms with E-state index in [1.54, 1.807) is 18.5 Å². The van der Waals surface area contributed by atoms with Gasteiger partial charge >= 0.3 is 0 Å². The molecule has 0 aliphatic heterocycles. The first-order valence-electron chi connectivity index (χ1n) is 11.5. The molecule has 2 aromatic heterocycles. The molecular formula is C30H22N2O. The standard InChI is InChI=1S/C30H22N2O/c1-30(28-13-4-6-17-31-28)26-12-3-2-11-24(26)25-16-15-22(20-27(25)30)21-9-8-10-23(19-21)33-29-14-5-7-18-32-29/h2-20H,1H3/i4D. The fourth-order valence-electron chi connectivity index (χ4n) is 4.81. The molecule has 1 aliphatic carbocycles. The third kappa shape index (κ3) is 3.21. The Morgan fingerprint density at radius 2 is 1.52 bits per heavy atom. The monoisotopic (exact) mass is 427 g/mol. The lowest BCUT2D eigenvalue weighted by molar-refractivity contribution is 0.463.